The van der Waals surface area contributed by atoms with Crippen molar-refractivity contribution >= 4 is 23.1 Å². The number of aryl methyl sites for hydroxylation is 1. The number of anilines is 1. The number of fused-ring (bicyclic) bond motifs is 1. The van der Waals surface area contributed by atoms with Crippen LogP contribution in [0.2, 0.25) is 0 Å². The summed E-state index contributed by atoms with van der Waals surface area (Å²) in [5.74, 6) is 1.79. The lowest BCUT2D eigenvalue weighted by Gasteiger charge is -2.36. The van der Waals surface area contributed by atoms with Gasteiger partial charge in [-0.1, -0.05) is 0 Å². The molecule has 18 heavy (non-hydrogen) atoms. The fourth-order valence-electron chi connectivity index (χ4n) is 2.70. The average molecular weight is 265 g/mol. The lowest BCUT2D eigenvalue weighted by molar-refractivity contribution is 0.481. The summed E-state index contributed by atoms with van der Waals surface area (Å²) in [6, 6.07) is 4.64. The summed E-state index contributed by atoms with van der Waals surface area (Å²) in [5.41, 5.74) is 2.12. The highest BCUT2D eigenvalue weighted by molar-refractivity contribution is 6.18. The van der Waals surface area contributed by atoms with E-state index in [0.29, 0.717) is 11.9 Å². The van der Waals surface area contributed by atoms with E-state index < -0.39 is 0 Å². The SMILES string of the molecule is Cc1cc(N2CCCCC2CCl)n2ncnc2c1. The van der Waals surface area contributed by atoms with E-state index in [-0.39, 0.29) is 0 Å². The van der Waals surface area contributed by atoms with E-state index in [2.05, 4.69) is 34.0 Å². The number of nitrogens with zero attached hydrogens (tertiary/aromatic N) is 4. The Morgan fingerprint density at radius 2 is 2.28 bits per heavy atom. The Bertz CT molecular complexity index is 551. The van der Waals surface area contributed by atoms with Crippen LogP contribution in [-0.4, -0.2) is 33.1 Å². The van der Waals surface area contributed by atoms with Gasteiger partial charge in [0, 0.05) is 18.5 Å². The van der Waals surface area contributed by atoms with Gasteiger partial charge in [0.15, 0.2) is 5.65 Å². The van der Waals surface area contributed by atoms with Crippen LogP contribution in [0, 0.1) is 6.92 Å². The highest BCUT2D eigenvalue weighted by atomic mass is 35.5. The molecule has 0 radical (unpaired) electrons. The minimum atomic E-state index is 0.412. The second-order valence-corrected chi connectivity index (χ2v) is 5.23. The van der Waals surface area contributed by atoms with Crippen molar-refractivity contribution in [2.45, 2.75) is 32.2 Å². The molecule has 5 heteroatoms. The Labute approximate surface area is 112 Å². The fraction of sp³-hybridized carbons (Fsp3) is 0.538. The number of rotatable bonds is 2. The number of hydrogen-bond acceptors (Lipinski definition) is 3. The van der Waals surface area contributed by atoms with Gasteiger partial charge in [-0.05, 0) is 43.9 Å². The van der Waals surface area contributed by atoms with Crippen LogP contribution in [0.1, 0.15) is 24.8 Å². The lowest BCUT2D eigenvalue weighted by atomic mass is 10.0. The highest BCUT2D eigenvalue weighted by Gasteiger charge is 2.24. The molecule has 3 heterocycles. The normalized spacial score (nSPS) is 20.6. The Morgan fingerprint density at radius 3 is 3.11 bits per heavy atom. The number of aromatic nitrogens is 3. The first-order valence-corrected chi connectivity index (χ1v) is 6.96. The highest BCUT2D eigenvalue weighted by Crippen LogP contribution is 2.26. The smallest absolute Gasteiger partial charge is 0.157 e. The number of piperidine rings is 1. The van der Waals surface area contributed by atoms with Crippen LogP contribution >= 0.6 is 11.6 Å². The molecule has 0 N–H and O–H groups in total. The summed E-state index contributed by atoms with van der Waals surface area (Å²) in [6.07, 6.45) is 5.25. The maximum Gasteiger partial charge on any atom is 0.157 e. The van der Waals surface area contributed by atoms with Gasteiger partial charge in [-0.3, -0.25) is 0 Å². The number of pyridine rings is 1. The lowest BCUT2D eigenvalue weighted by Crippen LogP contribution is -2.41. The molecule has 0 aliphatic carbocycles. The molecule has 2 aromatic heterocycles. The van der Waals surface area contributed by atoms with E-state index in [0.717, 1.165) is 24.4 Å². The minimum Gasteiger partial charge on any atom is -0.352 e. The first kappa shape index (κ1) is 11.8. The van der Waals surface area contributed by atoms with E-state index in [1.54, 1.807) is 6.33 Å². The monoisotopic (exact) mass is 264 g/mol. The van der Waals surface area contributed by atoms with Crippen molar-refractivity contribution in [3.05, 3.63) is 24.0 Å². The molecule has 4 nitrogen and oxygen atoms in total. The third-order valence-corrected chi connectivity index (χ3v) is 3.96. The topological polar surface area (TPSA) is 33.4 Å². The van der Waals surface area contributed by atoms with E-state index in [1.165, 1.54) is 18.4 Å². The molecule has 0 amide bonds. The third-order valence-electron chi connectivity index (χ3n) is 3.60. The van der Waals surface area contributed by atoms with E-state index in [1.807, 2.05) is 4.52 Å². The minimum absolute atomic E-state index is 0.412. The number of halogens is 1. The molecule has 0 saturated carbocycles. The van der Waals surface area contributed by atoms with Gasteiger partial charge in [-0.25, -0.2) is 4.98 Å². The van der Waals surface area contributed by atoms with Crippen molar-refractivity contribution in [1.82, 2.24) is 14.6 Å². The first-order valence-electron chi connectivity index (χ1n) is 6.42. The predicted octanol–water partition coefficient (Wildman–Crippen LogP) is 2.64. The third kappa shape index (κ3) is 1.94. The Morgan fingerprint density at radius 1 is 1.39 bits per heavy atom. The zero-order chi connectivity index (χ0) is 12.5. The van der Waals surface area contributed by atoms with E-state index in [9.17, 15) is 0 Å². The molecule has 3 rings (SSSR count). The van der Waals surface area contributed by atoms with Crippen LogP contribution in [0.4, 0.5) is 5.82 Å². The molecule has 1 atom stereocenters. The van der Waals surface area contributed by atoms with Crippen molar-refractivity contribution in [3.8, 4) is 0 Å². The fourth-order valence-corrected chi connectivity index (χ4v) is 3.02. The van der Waals surface area contributed by atoms with Crippen LogP contribution in [0.25, 0.3) is 5.65 Å². The largest absolute Gasteiger partial charge is 0.352 e. The van der Waals surface area contributed by atoms with Crippen molar-refractivity contribution in [1.29, 1.82) is 0 Å². The van der Waals surface area contributed by atoms with Crippen LogP contribution in [-0.2, 0) is 0 Å². The van der Waals surface area contributed by atoms with Gasteiger partial charge in [-0.15, -0.1) is 11.6 Å². The Kier molecular flexibility index (Phi) is 3.12. The van der Waals surface area contributed by atoms with Gasteiger partial charge in [0.2, 0.25) is 0 Å². The molecule has 1 aliphatic heterocycles. The summed E-state index contributed by atoms with van der Waals surface area (Å²) in [6.45, 7) is 3.15. The van der Waals surface area contributed by atoms with Gasteiger partial charge in [-0.2, -0.15) is 9.61 Å². The molecule has 0 spiro atoms. The first-order chi connectivity index (χ1) is 8.79. The van der Waals surface area contributed by atoms with Crippen molar-refractivity contribution in [2.75, 3.05) is 17.3 Å². The molecule has 96 valence electrons. The molecule has 1 unspecified atom stereocenters. The second-order valence-electron chi connectivity index (χ2n) is 4.92. The zero-order valence-electron chi connectivity index (χ0n) is 10.5. The van der Waals surface area contributed by atoms with E-state index >= 15 is 0 Å². The van der Waals surface area contributed by atoms with Crippen molar-refractivity contribution in [2.24, 2.45) is 0 Å². The van der Waals surface area contributed by atoms with Crippen LogP contribution in [0.3, 0.4) is 0 Å². The van der Waals surface area contributed by atoms with Crippen LogP contribution < -0.4 is 4.90 Å². The van der Waals surface area contributed by atoms with Gasteiger partial charge in [0.1, 0.15) is 12.1 Å². The second kappa shape index (κ2) is 4.76. The summed E-state index contributed by atoms with van der Waals surface area (Å²) in [4.78, 5) is 6.66. The van der Waals surface area contributed by atoms with Crippen LogP contribution in [0.15, 0.2) is 18.5 Å². The standard InChI is InChI=1S/C13H17ClN4/c1-10-6-12-15-9-16-18(12)13(7-10)17-5-3-2-4-11(17)8-14/h6-7,9,11H,2-5,8H2,1H3. The molecule has 1 fully saturated rings. The van der Waals surface area contributed by atoms with E-state index in [4.69, 9.17) is 11.6 Å². The Hall–Kier alpha value is -1.29. The Balaban J connectivity index is 2.08. The van der Waals surface area contributed by atoms with Gasteiger partial charge < -0.3 is 4.90 Å². The number of alkyl halides is 1. The molecule has 1 saturated heterocycles. The summed E-state index contributed by atoms with van der Waals surface area (Å²) in [7, 11) is 0. The van der Waals surface area contributed by atoms with Gasteiger partial charge in [0.25, 0.3) is 0 Å². The maximum absolute atomic E-state index is 6.10. The summed E-state index contributed by atoms with van der Waals surface area (Å²) in [5, 5.41) is 4.32. The van der Waals surface area contributed by atoms with Gasteiger partial charge in [0.05, 0.1) is 0 Å². The molecule has 1 aliphatic rings. The average Bonchev–Trinajstić information content (AvgIpc) is 2.85. The van der Waals surface area contributed by atoms with Crippen molar-refractivity contribution < 1.29 is 0 Å². The number of hydrogen-bond donors (Lipinski definition) is 0. The summed E-state index contributed by atoms with van der Waals surface area (Å²) < 4.78 is 1.91. The van der Waals surface area contributed by atoms with Crippen molar-refractivity contribution in [3.63, 3.8) is 0 Å². The van der Waals surface area contributed by atoms with Gasteiger partial charge >= 0.3 is 0 Å². The summed E-state index contributed by atoms with van der Waals surface area (Å²) >= 11 is 6.10. The van der Waals surface area contributed by atoms with Crippen LogP contribution in [0.5, 0.6) is 0 Å². The zero-order valence-corrected chi connectivity index (χ0v) is 11.3. The predicted molar refractivity (Wildman–Crippen MR) is 73.4 cm³/mol. The maximum atomic E-state index is 6.10. The quantitative estimate of drug-likeness (QED) is 0.782. The molecular formula is C13H17ClN4. The molecule has 2 aromatic rings. The molecule has 0 bridgehead atoms. The molecular weight excluding hydrogens is 248 g/mol. The molecule has 0 aromatic carbocycles.